The summed E-state index contributed by atoms with van der Waals surface area (Å²) in [4.78, 5) is 27.3. The summed E-state index contributed by atoms with van der Waals surface area (Å²) in [5.74, 6) is -0.728. The van der Waals surface area contributed by atoms with Crippen LogP contribution in [-0.4, -0.2) is 16.8 Å². The van der Waals surface area contributed by atoms with Crippen LogP contribution in [0.25, 0.3) is 6.08 Å². The number of rotatable bonds is 6. The summed E-state index contributed by atoms with van der Waals surface area (Å²) < 4.78 is 24.9. The van der Waals surface area contributed by atoms with Crippen LogP contribution < -0.4 is 4.74 Å². The van der Waals surface area contributed by atoms with E-state index in [-0.39, 0.29) is 35.2 Å². The van der Waals surface area contributed by atoms with Gasteiger partial charge in [0.2, 0.25) is 5.90 Å². The number of halogens is 1. The lowest BCUT2D eigenvalue weighted by molar-refractivity contribution is -0.384. The molecule has 0 saturated heterocycles. The molecule has 0 unspecified atom stereocenters. The number of carbonyl (C=O) groups is 1. The minimum atomic E-state index is -0.685. The van der Waals surface area contributed by atoms with Gasteiger partial charge in [-0.2, -0.15) is 0 Å². The number of nitrogens with zero attached hydrogens (tertiary/aromatic N) is 2. The summed E-state index contributed by atoms with van der Waals surface area (Å²) in [5.41, 5.74) is 1.90. The molecule has 0 atom stereocenters. The molecule has 7 nitrogen and oxygen atoms in total. The first kappa shape index (κ1) is 20.9. The lowest BCUT2D eigenvalue weighted by Crippen LogP contribution is -2.06. The first-order valence-electron chi connectivity index (χ1n) is 9.65. The van der Waals surface area contributed by atoms with Crippen LogP contribution >= 0.6 is 0 Å². The van der Waals surface area contributed by atoms with E-state index in [0.717, 1.165) is 5.56 Å². The summed E-state index contributed by atoms with van der Waals surface area (Å²) in [6.07, 6.45) is 1.36. The third-order valence-corrected chi connectivity index (χ3v) is 4.83. The molecule has 0 spiro atoms. The molecule has 0 fully saturated rings. The standard InChI is InChI=1S/C24H17FN2O5/c1-15-6-2-4-8-19(15)23-26-21(24(28)32-23)13-17-12-18(27(29)30)10-11-22(17)31-14-16-7-3-5-9-20(16)25/h2-13H,14H2,1H3. The zero-order chi connectivity index (χ0) is 22.7. The maximum absolute atomic E-state index is 13.9. The van der Waals surface area contributed by atoms with Crippen LogP contribution in [0.15, 0.2) is 77.4 Å². The molecule has 0 amide bonds. The summed E-state index contributed by atoms with van der Waals surface area (Å²) in [5, 5.41) is 11.2. The Morgan fingerprint density at radius 1 is 1.12 bits per heavy atom. The lowest BCUT2D eigenvalue weighted by atomic mass is 10.1. The number of non-ortho nitro benzene ring substituents is 1. The van der Waals surface area contributed by atoms with Gasteiger partial charge in [0, 0.05) is 28.8 Å². The van der Waals surface area contributed by atoms with Crippen molar-refractivity contribution in [2.45, 2.75) is 13.5 Å². The highest BCUT2D eigenvalue weighted by Crippen LogP contribution is 2.29. The third-order valence-electron chi connectivity index (χ3n) is 4.83. The van der Waals surface area contributed by atoms with Crippen LogP contribution in [0, 0.1) is 22.9 Å². The lowest BCUT2D eigenvalue weighted by Gasteiger charge is -2.10. The van der Waals surface area contributed by atoms with Crippen LogP contribution in [0.2, 0.25) is 0 Å². The largest absolute Gasteiger partial charge is 0.488 e. The van der Waals surface area contributed by atoms with Crippen molar-refractivity contribution in [3.05, 3.63) is 111 Å². The number of aliphatic imine (C=N–C) groups is 1. The molecule has 0 bridgehead atoms. The number of hydrogen-bond donors (Lipinski definition) is 0. The third kappa shape index (κ3) is 4.39. The van der Waals surface area contributed by atoms with Crippen LogP contribution in [0.1, 0.15) is 22.3 Å². The number of aryl methyl sites for hydroxylation is 1. The second kappa shape index (κ2) is 8.81. The van der Waals surface area contributed by atoms with Crippen molar-refractivity contribution in [1.29, 1.82) is 0 Å². The fourth-order valence-corrected chi connectivity index (χ4v) is 3.15. The van der Waals surface area contributed by atoms with Crippen molar-refractivity contribution >= 4 is 23.6 Å². The fraction of sp³-hybridized carbons (Fsp3) is 0.0833. The van der Waals surface area contributed by atoms with Crippen LogP contribution in [0.4, 0.5) is 10.1 Å². The first-order valence-corrected chi connectivity index (χ1v) is 9.65. The van der Waals surface area contributed by atoms with Crippen molar-refractivity contribution in [3.8, 4) is 5.75 Å². The molecule has 4 rings (SSSR count). The Morgan fingerprint density at radius 3 is 2.62 bits per heavy atom. The van der Waals surface area contributed by atoms with E-state index >= 15 is 0 Å². The van der Waals surface area contributed by atoms with E-state index in [4.69, 9.17) is 9.47 Å². The minimum absolute atomic E-state index is 0.0282. The number of nitro groups is 1. The quantitative estimate of drug-likeness (QED) is 0.237. The molecular weight excluding hydrogens is 415 g/mol. The molecule has 3 aromatic carbocycles. The Kier molecular flexibility index (Phi) is 5.76. The number of benzene rings is 3. The molecule has 32 heavy (non-hydrogen) atoms. The highest BCUT2D eigenvalue weighted by atomic mass is 19.1. The average molecular weight is 432 g/mol. The fourth-order valence-electron chi connectivity index (χ4n) is 3.15. The molecular formula is C24H17FN2O5. The molecule has 160 valence electrons. The van der Waals surface area contributed by atoms with Crippen LogP contribution in [-0.2, 0) is 16.1 Å². The molecule has 0 radical (unpaired) electrons. The van der Waals surface area contributed by atoms with Gasteiger partial charge in [-0.25, -0.2) is 14.2 Å². The van der Waals surface area contributed by atoms with E-state index in [2.05, 4.69) is 4.99 Å². The molecule has 1 aliphatic rings. The van der Waals surface area contributed by atoms with Crippen LogP contribution in [0.3, 0.4) is 0 Å². The summed E-state index contributed by atoms with van der Waals surface area (Å²) in [6, 6.07) is 17.4. The molecule has 0 aromatic heterocycles. The van der Waals surface area contributed by atoms with Crippen molar-refractivity contribution < 1.29 is 23.6 Å². The van der Waals surface area contributed by atoms with Crippen molar-refractivity contribution in [1.82, 2.24) is 0 Å². The topological polar surface area (TPSA) is 91.0 Å². The zero-order valence-corrected chi connectivity index (χ0v) is 16.9. The van der Waals surface area contributed by atoms with Crippen LogP contribution in [0.5, 0.6) is 5.75 Å². The Morgan fingerprint density at radius 2 is 1.88 bits per heavy atom. The van der Waals surface area contributed by atoms with Gasteiger partial charge in [0.15, 0.2) is 5.70 Å². The maximum Gasteiger partial charge on any atom is 0.363 e. The van der Waals surface area contributed by atoms with E-state index in [9.17, 15) is 19.3 Å². The zero-order valence-electron chi connectivity index (χ0n) is 16.9. The SMILES string of the molecule is Cc1ccccc1C1=NC(=Cc2cc([N+](=O)[O-])ccc2OCc2ccccc2F)C(=O)O1. The van der Waals surface area contributed by atoms with Gasteiger partial charge in [-0.15, -0.1) is 0 Å². The maximum atomic E-state index is 13.9. The van der Waals surface area contributed by atoms with Gasteiger partial charge in [-0.05, 0) is 36.8 Å². The molecule has 0 saturated carbocycles. The molecule has 0 N–H and O–H groups in total. The van der Waals surface area contributed by atoms with Crippen molar-refractivity contribution in [2.75, 3.05) is 0 Å². The summed E-state index contributed by atoms with van der Waals surface area (Å²) in [7, 11) is 0. The minimum Gasteiger partial charge on any atom is -0.488 e. The van der Waals surface area contributed by atoms with E-state index in [1.54, 1.807) is 30.3 Å². The monoisotopic (exact) mass is 432 g/mol. The average Bonchev–Trinajstić information content (AvgIpc) is 3.14. The van der Waals surface area contributed by atoms with Gasteiger partial charge in [0.25, 0.3) is 5.69 Å². The number of nitro benzene ring substituents is 1. The van der Waals surface area contributed by atoms with E-state index in [1.165, 1.54) is 30.3 Å². The summed E-state index contributed by atoms with van der Waals surface area (Å²) >= 11 is 0. The van der Waals surface area contributed by atoms with Crippen molar-refractivity contribution in [3.63, 3.8) is 0 Å². The van der Waals surface area contributed by atoms with Gasteiger partial charge in [-0.1, -0.05) is 36.4 Å². The molecule has 3 aromatic rings. The van der Waals surface area contributed by atoms with E-state index in [1.807, 2.05) is 19.1 Å². The van der Waals surface area contributed by atoms with Gasteiger partial charge in [0.1, 0.15) is 18.2 Å². The number of esters is 1. The number of carbonyl (C=O) groups excluding carboxylic acids is 1. The Balaban J connectivity index is 1.69. The van der Waals surface area contributed by atoms with Gasteiger partial charge in [-0.3, -0.25) is 10.1 Å². The molecule has 0 aliphatic carbocycles. The van der Waals surface area contributed by atoms with Crippen molar-refractivity contribution in [2.24, 2.45) is 4.99 Å². The number of ether oxygens (including phenoxy) is 2. The Labute approximate surface area is 182 Å². The van der Waals surface area contributed by atoms with Gasteiger partial charge in [0.05, 0.1) is 4.92 Å². The van der Waals surface area contributed by atoms with E-state index in [0.29, 0.717) is 11.1 Å². The summed E-state index contributed by atoms with van der Waals surface area (Å²) in [6.45, 7) is 1.77. The van der Waals surface area contributed by atoms with E-state index < -0.39 is 16.7 Å². The molecule has 1 heterocycles. The second-order valence-corrected chi connectivity index (χ2v) is 7.01. The highest BCUT2D eigenvalue weighted by Gasteiger charge is 2.26. The highest BCUT2D eigenvalue weighted by molar-refractivity contribution is 6.13. The first-order chi connectivity index (χ1) is 15.4. The smallest absolute Gasteiger partial charge is 0.363 e. The molecule has 1 aliphatic heterocycles. The Hall–Kier alpha value is -4.33. The second-order valence-electron chi connectivity index (χ2n) is 7.01. The van der Waals surface area contributed by atoms with Gasteiger partial charge >= 0.3 is 5.97 Å². The van der Waals surface area contributed by atoms with Gasteiger partial charge < -0.3 is 9.47 Å². The Bertz CT molecular complexity index is 1280. The predicted octanol–water partition coefficient (Wildman–Crippen LogP) is 4.97. The predicted molar refractivity (Wildman–Crippen MR) is 116 cm³/mol. The number of hydrogen-bond acceptors (Lipinski definition) is 6. The molecule has 8 heteroatoms. The normalized spacial score (nSPS) is 14.2. The number of cyclic esters (lactones) is 1.